The van der Waals surface area contributed by atoms with Crippen molar-refractivity contribution in [3.8, 4) is 0 Å². The topological polar surface area (TPSA) is 59.5 Å². The fourth-order valence-corrected chi connectivity index (χ4v) is 2.31. The largest absolute Gasteiger partial charge is 0.463 e. The summed E-state index contributed by atoms with van der Waals surface area (Å²) >= 11 is 0. The molecule has 0 aliphatic rings. The van der Waals surface area contributed by atoms with Crippen LogP contribution >= 0.6 is 0 Å². The summed E-state index contributed by atoms with van der Waals surface area (Å²) in [5.41, 5.74) is 6.95. The van der Waals surface area contributed by atoms with Crippen molar-refractivity contribution in [2.75, 3.05) is 19.6 Å². The summed E-state index contributed by atoms with van der Waals surface area (Å²) in [5.74, 6) is 0.451. The lowest BCUT2D eigenvalue weighted by molar-refractivity contribution is 0.0736. The highest BCUT2D eigenvalue weighted by Gasteiger charge is 2.20. The maximum Gasteiger partial charge on any atom is 0.257 e. The number of nitrogens with zero attached hydrogens (tertiary/aromatic N) is 1. The molecule has 0 saturated heterocycles. The highest BCUT2D eigenvalue weighted by atomic mass is 16.3. The minimum Gasteiger partial charge on any atom is -0.463 e. The minimum atomic E-state index is 0.0251. The van der Waals surface area contributed by atoms with Crippen LogP contribution in [-0.4, -0.2) is 30.4 Å². The Bertz CT molecular complexity index is 575. The molecule has 0 radical (unpaired) electrons. The van der Waals surface area contributed by atoms with E-state index in [0.29, 0.717) is 24.6 Å². The Balaban J connectivity index is 2.26. The molecule has 2 aromatic rings. The molecule has 0 bridgehead atoms. The lowest BCUT2D eigenvalue weighted by Gasteiger charge is -2.24. The Morgan fingerprint density at radius 1 is 1.35 bits per heavy atom. The first-order valence-corrected chi connectivity index (χ1v) is 7.09. The van der Waals surface area contributed by atoms with Gasteiger partial charge < -0.3 is 15.1 Å². The molecule has 4 nitrogen and oxygen atoms in total. The van der Waals surface area contributed by atoms with Gasteiger partial charge in [0, 0.05) is 18.5 Å². The first-order valence-electron chi connectivity index (χ1n) is 7.09. The van der Waals surface area contributed by atoms with Crippen molar-refractivity contribution < 1.29 is 9.21 Å². The number of benzene rings is 1. The van der Waals surface area contributed by atoms with Crippen molar-refractivity contribution >= 4 is 16.9 Å². The monoisotopic (exact) mass is 274 g/mol. The van der Waals surface area contributed by atoms with E-state index in [4.69, 9.17) is 10.2 Å². The van der Waals surface area contributed by atoms with Crippen molar-refractivity contribution in [3.05, 3.63) is 36.1 Å². The quantitative estimate of drug-likeness (QED) is 0.881. The molecule has 0 saturated carbocycles. The number of rotatable bonds is 6. The molecule has 2 rings (SSSR count). The lowest BCUT2D eigenvalue weighted by atomic mass is 10.1. The molecule has 0 fully saturated rings. The molecule has 0 unspecified atom stereocenters. The van der Waals surface area contributed by atoms with Crippen LogP contribution < -0.4 is 5.73 Å². The van der Waals surface area contributed by atoms with Crippen molar-refractivity contribution in [3.63, 3.8) is 0 Å². The Hall–Kier alpha value is -1.81. The molecule has 0 spiro atoms. The molecule has 1 aromatic carbocycles. The van der Waals surface area contributed by atoms with Crippen LogP contribution in [-0.2, 0) is 0 Å². The van der Waals surface area contributed by atoms with Crippen LogP contribution in [0.1, 0.15) is 30.6 Å². The molecule has 2 N–H and O–H groups in total. The van der Waals surface area contributed by atoms with Gasteiger partial charge in [-0.15, -0.1) is 0 Å². The number of para-hydroxylation sites is 1. The van der Waals surface area contributed by atoms with Gasteiger partial charge in [0.25, 0.3) is 5.91 Å². The van der Waals surface area contributed by atoms with Gasteiger partial charge >= 0.3 is 0 Å². The van der Waals surface area contributed by atoms with Gasteiger partial charge in [0.15, 0.2) is 0 Å². The summed E-state index contributed by atoms with van der Waals surface area (Å²) in [4.78, 5) is 14.6. The van der Waals surface area contributed by atoms with Gasteiger partial charge in [0.2, 0.25) is 0 Å². The summed E-state index contributed by atoms with van der Waals surface area (Å²) in [6.45, 7) is 6.23. The van der Waals surface area contributed by atoms with Crippen LogP contribution in [0, 0.1) is 5.92 Å². The number of furan rings is 1. The Morgan fingerprint density at radius 3 is 2.80 bits per heavy atom. The highest BCUT2D eigenvalue weighted by molar-refractivity contribution is 6.05. The summed E-state index contributed by atoms with van der Waals surface area (Å²) in [6, 6.07) is 7.61. The van der Waals surface area contributed by atoms with Crippen LogP contribution in [0.25, 0.3) is 11.0 Å². The number of nitrogens with two attached hydrogens (primary N) is 1. The lowest BCUT2D eigenvalue weighted by Crippen LogP contribution is -2.35. The van der Waals surface area contributed by atoms with E-state index in [1.54, 1.807) is 6.26 Å². The molecule has 0 atom stereocenters. The van der Waals surface area contributed by atoms with E-state index in [1.165, 1.54) is 0 Å². The number of carbonyl (C=O) groups excluding carboxylic acids is 1. The van der Waals surface area contributed by atoms with E-state index in [0.717, 1.165) is 23.9 Å². The average Bonchev–Trinajstić information content (AvgIpc) is 2.86. The van der Waals surface area contributed by atoms with Gasteiger partial charge in [-0.3, -0.25) is 4.79 Å². The average molecular weight is 274 g/mol. The fourth-order valence-electron chi connectivity index (χ4n) is 2.31. The summed E-state index contributed by atoms with van der Waals surface area (Å²) in [5, 5.41) is 0.874. The molecule has 0 aliphatic carbocycles. The van der Waals surface area contributed by atoms with Crippen molar-refractivity contribution in [1.82, 2.24) is 4.90 Å². The van der Waals surface area contributed by atoms with Crippen molar-refractivity contribution in [2.45, 2.75) is 20.3 Å². The van der Waals surface area contributed by atoms with E-state index >= 15 is 0 Å². The standard InChI is InChI=1S/C16H22N2O2/c1-12(2)10-18(9-5-8-17)16(19)14-11-20-15-7-4-3-6-13(14)15/h3-4,6-7,11-12H,5,8-10,17H2,1-2H3. The predicted molar refractivity (Wildman–Crippen MR) is 80.6 cm³/mol. The fraction of sp³-hybridized carbons (Fsp3) is 0.438. The maximum absolute atomic E-state index is 12.7. The maximum atomic E-state index is 12.7. The van der Waals surface area contributed by atoms with Crippen LogP contribution in [0.5, 0.6) is 0 Å². The molecule has 4 heteroatoms. The van der Waals surface area contributed by atoms with Gasteiger partial charge in [0.05, 0.1) is 5.56 Å². The summed E-state index contributed by atoms with van der Waals surface area (Å²) in [6.07, 6.45) is 2.37. The number of hydrogen-bond acceptors (Lipinski definition) is 3. The molecule has 1 heterocycles. The number of fused-ring (bicyclic) bond motifs is 1. The zero-order chi connectivity index (χ0) is 14.5. The highest BCUT2D eigenvalue weighted by Crippen LogP contribution is 2.22. The third kappa shape index (κ3) is 3.20. The van der Waals surface area contributed by atoms with Crippen molar-refractivity contribution in [2.24, 2.45) is 11.7 Å². The first-order chi connectivity index (χ1) is 9.63. The smallest absolute Gasteiger partial charge is 0.257 e. The summed E-state index contributed by atoms with van der Waals surface area (Å²) < 4.78 is 5.46. The van der Waals surface area contributed by atoms with E-state index in [-0.39, 0.29) is 5.91 Å². The zero-order valence-electron chi connectivity index (χ0n) is 12.1. The second kappa shape index (κ2) is 6.57. The molecular weight excluding hydrogens is 252 g/mol. The molecule has 1 aromatic heterocycles. The molecule has 20 heavy (non-hydrogen) atoms. The molecule has 108 valence electrons. The van der Waals surface area contributed by atoms with Crippen LogP contribution in [0.2, 0.25) is 0 Å². The summed E-state index contributed by atoms with van der Waals surface area (Å²) in [7, 11) is 0. The minimum absolute atomic E-state index is 0.0251. The van der Waals surface area contributed by atoms with Gasteiger partial charge in [-0.1, -0.05) is 32.0 Å². The van der Waals surface area contributed by atoms with Gasteiger partial charge in [-0.25, -0.2) is 0 Å². The van der Waals surface area contributed by atoms with Crippen LogP contribution in [0.3, 0.4) is 0 Å². The van der Waals surface area contributed by atoms with Crippen LogP contribution in [0.15, 0.2) is 34.9 Å². The Kier molecular flexibility index (Phi) is 4.79. The van der Waals surface area contributed by atoms with E-state index < -0.39 is 0 Å². The predicted octanol–water partition coefficient (Wildman–Crippen LogP) is 2.88. The van der Waals surface area contributed by atoms with Gasteiger partial charge in [0.1, 0.15) is 11.8 Å². The molecule has 1 amide bonds. The van der Waals surface area contributed by atoms with E-state index in [1.807, 2.05) is 29.2 Å². The molecular formula is C16H22N2O2. The third-order valence-electron chi connectivity index (χ3n) is 3.22. The number of carbonyl (C=O) groups is 1. The second-order valence-electron chi connectivity index (χ2n) is 5.43. The van der Waals surface area contributed by atoms with Crippen LogP contribution in [0.4, 0.5) is 0 Å². The van der Waals surface area contributed by atoms with Crippen molar-refractivity contribution in [1.29, 1.82) is 0 Å². The molecule has 0 aliphatic heterocycles. The second-order valence-corrected chi connectivity index (χ2v) is 5.43. The van der Waals surface area contributed by atoms with Gasteiger partial charge in [-0.2, -0.15) is 0 Å². The van der Waals surface area contributed by atoms with E-state index in [9.17, 15) is 4.79 Å². The Morgan fingerprint density at radius 2 is 2.10 bits per heavy atom. The number of amides is 1. The normalized spacial score (nSPS) is 11.2. The number of hydrogen-bond donors (Lipinski definition) is 1. The third-order valence-corrected chi connectivity index (χ3v) is 3.22. The SMILES string of the molecule is CC(C)CN(CCCN)C(=O)c1coc2ccccc12. The van der Waals surface area contributed by atoms with Gasteiger partial charge in [-0.05, 0) is 24.9 Å². The first kappa shape index (κ1) is 14.6. The Labute approximate surface area is 119 Å². The zero-order valence-corrected chi connectivity index (χ0v) is 12.1. The van der Waals surface area contributed by atoms with E-state index in [2.05, 4.69) is 13.8 Å².